The second-order valence-electron chi connectivity index (χ2n) is 5.69. The minimum absolute atomic E-state index is 0.523. The minimum Gasteiger partial charge on any atom is -0.480 e. The molecule has 0 aliphatic carbocycles. The lowest BCUT2D eigenvalue weighted by molar-refractivity contribution is 0.397. The number of aryl methyl sites for hydroxylation is 1. The summed E-state index contributed by atoms with van der Waals surface area (Å²) in [6.07, 6.45) is 6.13. The van der Waals surface area contributed by atoms with E-state index in [0.717, 1.165) is 34.9 Å². The number of hydrogen-bond acceptors (Lipinski definition) is 6. The van der Waals surface area contributed by atoms with Gasteiger partial charge in [0.05, 0.1) is 24.4 Å². The Balaban J connectivity index is 1.78. The van der Waals surface area contributed by atoms with Gasteiger partial charge in [-0.3, -0.25) is 0 Å². The van der Waals surface area contributed by atoms with E-state index in [1.165, 1.54) is 0 Å². The van der Waals surface area contributed by atoms with Crippen molar-refractivity contribution in [2.45, 2.75) is 13.3 Å². The Morgan fingerprint density at radius 2 is 1.88 bits per heavy atom. The number of nitrogens with zero attached hydrogens (tertiary/aromatic N) is 5. The molecule has 0 amide bonds. The van der Waals surface area contributed by atoms with Gasteiger partial charge in [-0.15, -0.1) is 0 Å². The van der Waals surface area contributed by atoms with E-state index in [9.17, 15) is 0 Å². The Morgan fingerprint density at radius 1 is 1.04 bits per heavy atom. The van der Waals surface area contributed by atoms with Crippen molar-refractivity contribution in [2.75, 3.05) is 12.4 Å². The van der Waals surface area contributed by atoms with Gasteiger partial charge in [0.2, 0.25) is 5.88 Å². The number of methoxy groups -OCH3 is 1. The molecule has 3 heterocycles. The fourth-order valence-corrected chi connectivity index (χ4v) is 2.71. The maximum absolute atomic E-state index is 5.45. The van der Waals surface area contributed by atoms with E-state index >= 15 is 0 Å². The van der Waals surface area contributed by atoms with Gasteiger partial charge >= 0.3 is 0 Å². The van der Waals surface area contributed by atoms with Crippen LogP contribution < -0.4 is 10.1 Å². The molecule has 0 aliphatic rings. The molecule has 0 atom stereocenters. The summed E-state index contributed by atoms with van der Waals surface area (Å²) in [5, 5.41) is 7.67. The number of anilines is 2. The van der Waals surface area contributed by atoms with E-state index in [1.807, 2.05) is 49.5 Å². The molecule has 0 bridgehead atoms. The average Bonchev–Trinajstić information content (AvgIpc) is 3.11. The first kappa shape index (κ1) is 16.0. The highest BCUT2D eigenvalue weighted by Crippen LogP contribution is 2.30. The normalized spacial score (nSPS) is 10.8. The molecule has 0 aliphatic heterocycles. The second kappa shape index (κ2) is 6.79. The summed E-state index contributed by atoms with van der Waals surface area (Å²) < 4.78 is 7.18. The summed E-state index contributed by atoms with van der Waals surface area (Å²) in [5.41, 5.74) is 3.26. The maximum atomic E-state index is 5.45. The molecule has 7 heteroatoms. The van der Waals surface area contributed by atoms with Gasteiger partial charge in [0, 0.05) is 24.5 Å². The summed E-state index contributed by atoms with van der Waals surface area (Å²) >= 11 is 0. The van der Waals surface area contributed by atoms with E-state index in [4.69, 9.17) is 9.72 Å². The zero-order valence-electron chi connectivity index (χ0n) is 14.5. The third-order valence-corrected chi connectivity index (χ3v) is 4.02. The van der Waals surface area contributed by atoms with Crippen LogP contribution in [0.4, 0.5) is 11.5 Å². The third-order valence-electron chi connectivity index (χ3n) is 4.02. The quantitative estimate of drug-likeness (QED) is 0.596. The van der Waals surface area contributed by atoms with Crippen molar-refractivity contribution in [3.8, 4) is 17.0 Å². The largest absolute Gasteiger partial charge is 0.480 e. The molecule has 0 radical (unpaired) electrons. The standard InChI is InChI=1S/C19H18N6O/c1-3-16-20-11-15(19(24-16)26-2)14-12-21-25-10-9-17(23-18(14)25)22-13-7-5-4-6-8-13/h4-12H,3H2,1-2H3,(H,22,23). The van der Waals surface area contributed by atoms with Crippen LogP contribution in [0.25, 0.3) is 16.8 Å². The molecule has 7 nitrogen and oxygen atoms in total. The van der Waals surface area contributed by atoms with Gasteiger partial charge in [-0.2, -0.15) is 10.1 Å². The Hall–Kier alpha value is -3.48. The fourth-order valence-electron chi connectivity index (χ4n) is 2.71. The molecule has 4 aromatic rings. The van der Waals surface area contributed by atoms with Gasteiger partial charge < -0.3 is 10.1 Å². The molecule has 1 N–H and O–H groups in total. The Kier molecular flexibility index (Phi) is 4.18. The van der Waals surface area contributed by atoms with Gasteiger partial charge in [-0.1, -0.05) is 25.1 Å². The van der Waals surface area contributed by atoms with Crippen LogP contribution in [0, 0.1) is 0 Å². The molecule has 0 saturated carbocycles. The third kappa shape index (κ3) is 2.95. The smallest absolute Gasteiger partial charge is 0.224 e. The number of nitrogens with one attached hydrogen (secondary N) is 1. The number of fused-ring (bicyclic) bond motifs is 1. The molecule has 3 aromatic heterocycles. The van der Waals surface area contributed by atoms with Crippen molar-refractivity contribution < 1.29 is 4.74 Å². The van der Waals surface area contributed by atoms with Crippen LogP contribution in [-0.2, 0) is 6.42 Å². The van der Waals surface area contributed by atoms with E-state index in [1.54, 1.807) is 24.0 Å². The van der Waals surface area contributed by atoms with Crippen LogP contribution in [0.5, 0.6) is 5.88 Å². The number of rotatable bonds is 5. The van der Waals surface area contributed by atoms with Crippen LogP contribution in [0.15, 0.2) is 55.0 Å². The maximum Gasteiger partial charge on any atom is 0.224 e. The van der Waals surface area contributed by atoms with E-state index in [-0.39, 0.29) is 0 Å². The van der Waals surface area contributed by atoms with Crippen LogP contribution >= 0.6 is 0 Å². The van der Waals surface area contributed by atoms with Crippen molar-refractivity contribution in [3.63, 3.8) is 0 Å². The molecule has 0 fully saturated rings. The lowest BCUT2D eigenvalue weighted by Gasteiger charge is -2.08. The first-order valence-corrected chi connectivity index (χ1v) is 8.35. The molecular weight excluding hydrogens is 328 g/mol. The number of benzene rings is 1. The summed E-state index contributed by atoms with van der Waals surface area (Å²) in [7, 11) is 1.60. The predicted molar refractivity (Wildman–Crippen MR) is 99.7 cm³/mol. The highest BCUT2D eigenvalue weighted by Gasteiger charge is 2.15. The van der Waals surface area contributed by atoms with Crippen LogP contribution in [-0.4, -0.2) is 31.7 Å². The fraction of sp³-hybridized carbons (Fsp3) is 0.158. The van der Waals surface area contributed by atoms with Crippen molar-refractivity contribution in [2.24, 2.45) is 0 Å². The van der Waals surface area contributed by atoms with Gasteiger partial charge in [-0.05, 0) is 18.2 Å². The number of aromatic nitrogens is 5. The monoisotopic (exact) mass is 346 g/mol. The number of para-hydroxylation sites is 1. The van der Waals surface area contributed by atoms with Crippen molar-refractivity contribution in [1.82, 2.24) is 24.6 Å². The van der Waals surface area contributed by atoms with Crippen molar-refractivity contribution in [1.29, 1.82) is 0 Å². The summed E-state index contributed by atoms with van der Waals surface area (Å²) in [4.78, 5) is 13.5. The Morgan fingerprint density at radius 3 is 2.65 bits per heavy atom. The van der Waals surface area contributed by atoms with Crippen LogP contribution in [0.1, 0.15) is 12.7 Å². The van der Waals surface area contributed by atoms with E-state index < -0.39 is 0 Å². The average molecular weight is 346 g/mol. The molecule has 130 valence electrons. The van der Waals surface area contributed by atoms with Gasteiger partial charge in [0.1, 0.15) is 11.6 Å². The summed E-state index contributed by atoms with van der Waals surface area (Å²) in [5.74, 6) is 1.99. The summed E-state index contributed by atoms with van der Waals surface area (Å²) in [6, 6.07) is 11.8. The summed E-state index contributed by atoms with van der Waals surface area (Å²) in [6.45, 7) is 2.01. The molecule has 1 aromatic carbocycles. The van der Waals surface area contributed by atoms with Crippen LogP contribution in [0.3, 0.4) is 0 Å². The predicted octanol–water partition coefficient (Wildman–Crippen LogP) is 3.50. The first-order valence-electron chi connectivity index (χ1n) is 8.35. The Bertz CT molecular complexity index is 1040. The molecule has 0 saturated heterocycles. The molecule has 0 spiro atoms. The van der Waals surface area contributed by atoms with Gasteiger partial charge in [0.15, 0.2) is 5.65 Å². The molecule has 26 heavy (non-hydrogen) atoms. The van der Waals surface area contributed by atoms with E-state index in [0.29, 0.717) is 11.5 Å². The van der Waals surface area contributed by atoms with Gasteiger partial charge in [0.25, 0.3) is 0 Å². The molecular formula is C19H18N6O. The zero-order chi connectivity index (χ0) is 17.9. The van der Waals surface area contributed by atoms with Crippen molar-refractivity contribution >= 4 is 17.2 Å². The number of hydrogen-bond donors (Lipinski definition) is 1. The SMILES string of the molecule is CCc1ncc(-c2cnn3ccc(Nc4ccccc4)nc23)c(OC)n1. The number of ether oxygens (including phenoxy) is 1. The second-order valence-corrected chi connectivity index (χ2v) is 5.69. The Labute approximate surface area is 150 Å². The minimum atomic E-state index is 0.523. The molecule has 4 rings (SSSR count). The lowest BCUT2D eigenvalue weighted by Crippen LogP contribution is -2.00. The topological polar surface area (TPSA) is 77.2 Å². The van der Waals surface area contributed by atoms with Gasteiger partial charge in [-0.25, -0.2) is 14.5 Å². The highest BCUT2D eigenvalue weighted by atomic mass is 16.5. The molecule has 0 unspecified atom stereocenters. The van der Waals surface area contributed by atoms with E-state index in [2.05, 4.69) is 20.4 Å². The first-order chi connectivity index (χ1) is 12.8. The van der Waals surface area contributed by atoms with Crippen molar-refractivity contribution in [3.05, 3.63) is 60.8 Å². The zero-order valence-corrected chi connectivity index (χ0v) is 14.5. The highest BCUT2D eigenvalue weighted by molar-refractivity contribution is 5.80. The lowest BCUT2D eigenvalue weighted by atomic mass is 10.2. The van der Waals surface area contributed by atoms with Crippen LogP contribution in [0.2, 0.25) is 0 Å².